The third-order valence-corrected chi connectivity index (χ3v) is 5.68. The number of hydrogen-bond donors (Lipinski definition) is 2. The number of para-hydroxylation sites is 2. The van der Waals surface area contributed by atoms with Gasteiger partial charge >= 0.3 is 0 Å². The molecule has 2 bridgehead atoms. The lowest BCUT2D eigenvalue weighted by Crippen LogP contribution is -2.36. The van der Waals surface area contributed by atoms with Crippen LogP contribution in [0.25, 0.3) is 0 Å². The number of aliphatic hydroxyl groups excluding tert-OH is 1. The molecule has 22 heavy (non-hydrogen) atoms. The monoisotopic (exact) mass is 298 g/mol. The molecule has 118 valence electrons. The van der Waals surface area contributed by atoms with Gasteiger partial charge < -0.3 is 15.3 Å². The number of piperidine rings is 1. The van der Waals surface area contributed by atoms with E-state index in [-0.39, 0.29) is 6.10 Å². The number of aliphatic hydroxyl groups is 1. The van der Waals surface area contributed by atoms with Crippen LogP contribution in [0.3, 0.4) is 0 Å². The summed E-state index contributed by atoms with van der Waals surface area (Å²) in [5.41, 5.74) is 2.55. The molecule has 0 unspecified atom stereocenters. The maximum atomic E-state index is 9.70. The van der Waals surface area contributed by atoms with Gasteiger partial charge in [0, 0.05) is 19.6 Å². The molecule has 1 aromatic rings. The maximum Gasteiger partial charge on any atom is 0.0602 e. The van der Waals surface area contributed by atoms with E-state index < -0.39 is 0 Å². The van der Waals surface area contributed by atoms with Crippen molar-refractivity contribution in [2.24, 2.45) is 17.8 Å². The SMILES string of the molecule is OC1CCN(c2ccccc2NC[C@H]2C[C@H]3C=C[C@H]2C3)CC1. The Kier molecular flexibility index (Phi) is 3.83. The molecule has 3 aliphatic rings. The molecule has 3 atom stereocenters. The summed E-state index contributed by atoms with van der Waals surface area (Å²) >= 11 is 0. The van der Waals surface area contributed by atoms with Gasteiger partial charge in [0.25, 0.3) is 0 Å². The minimum absolute atomic E-state index is 0.114. The van der Waals surface area contributed by atoms with Gasteiger partial charge in [-0.1, -0.05) is 24.3 Å². The van der Waals surface area contributed by atoms with E-state index in [0.29, 0.717) is 0 Å². The second kappa shape index (κ2) is 5.96. The molecular weight excluding hydrogens is 272 g/mol. The quantitative estimate of drug-likeness (QED) is 0.838. The van der Waals surface area contributed by atoms with Gasteiger partial charge in [-0.15, -0.1) is 0 Å². The average molecular weight is 298 g/mol. The van der Waals surface area contributed by atoms with E-state index in [1.165, 1.54) is 24.2 Å². The van der Waals surface area contributed by atoms with Gasteiger partial charge in [-0.2, -0.15) is 0 Å². The van der Waals surface area contributed by atoms with Crippen molar-refractivity contribution in [3.05, 3.63) is 36.4 Å². The second-order valence-electron chi connectivity index (χ2n) is 7.16. The summed E-state index contributed by atoms with van der Waals surface area (Å²) in [6, 6.07) is 8.64. The zero-order valence-electron chi connectivity index (χ0n) is 13.1. The molecule has 3 heteroatoms. The van der Waals surface area contributed by atoms with Gasteiger partial charge in [-0.05, 0) is 55.6 Å². The molecule has 1 heterocycles. The van der Waals surface area contributed by atoms with E-state index in [4.69, 9.17) is 0 Å². The first-order valence-corrected chi connectivity index (χ1v) is 8.74. The summed E-state index contributed by atoms with van der Waals surface area (Å²) in [6.45, 7) is 2.99. The van der Waals surface area contributed by atoms with Crippen molar-refractivity contribution in [3.63, 3.8) is 0 Å². The topological polar surface area (TPSA) is 35.5 Å². The highest BCUT2D eigenvalue weighted by Gasteiger charge is 2.35. The van der Waals surface area contributed by atoms with E-state index in [1.807, 2.05) is 0 Å². The highest BCUT2D eigenvalue weighted by molar-refractivity contribution is 5.70. The molecule has 1 aliphatic heterocycles. The van der Waals surface area contributed by atoms with Crippen LogP contribution in [0.15, 0.2) is 36.4 Å². The van der Waals surface area contributed by atoms with Crippen LogP contribution in [0.5, 0.6) is 0 Å². The first-order valence-electron chi connectivity index (χ1n) is 8.74. The molecule has 1 aromatic carbocycles. The Balaban J connectivity index is 1.42. The minimum atomic E-state index is -0.114. The smallest absolute Gasteiger partial charge is 0.0602 e. The number of hydrogen-bond acceptors (Lipinski definition) is 3. The first kappa shape index (κ1) is 14.1. The van der Waals surface area contributed by atoms with Crippen molar-refractivity contribution in [1.29, 1.82) is 0 Å². The molecule has 0 amide bonds. The zero-order valence-corrected chi connectivity index (χ0v) is 13.1. The van der Waals surface area contributed by atoms with Gasteiger partial charge in [0.15, 0.2) is 0 Å². The number of anilines is 2. The van der Waals surface area contributed by atoms with Crippen molar-refractivity contribution in [1.82, 2.24) is 0 Å². The first-order chi connectivity index (χ1) is 10.8. The zero-order chi connectivity index (χ0) is 14.9. The Morgan fingerprint density at radius 2 is 1.91 bits per heavy atom. The molecule has 1 saturated carbocycles. The molecule has 1 saturated heterocycles. The van der Waals surface area contributed by atoms with Crippen LogP contribution in [-0.2, 0) is 0 Å². The molecule has 0 radical (unpaired) electrons. The number of nitrogens with zero attached hydrogens (tertiary/aromatic N) is 1. The molecule has 2 N–H and O–H groups in total. The summed E-state index contributed by atoms with van der Waals surface area (Å²) in [7, 11) is 0. The van der Waals surface area contributed by atoms with E-state index in [0.717, 1.165) is 50.2 Å². The molecule has 0 aromatic heterocycles. The van der Waals surface area contributed by atoms with Crippen molar-refractivity contribution >= 4 is 11.4 Å². The minimum Gasteiger partial charge on any atom is -0.393 e. The van der Waals surface area contributed by atoms with Crippen LogP contribution in [0, 0.1) is 17.8 Å². The fourth-order valence-corrected chi connectivity index (χ4v) is 4.38. The predicted molar refractivity (Wildman–Crippen MR) is 91.2 cm³/mol. The summed E-state index contributed by atoms with van der Waals surface area (Å²) in [5, 5.41) is 13.4. The lowest BCUT2D eigenvalue weighted by molar-refractivity contribution is 0.145. The number of benzene rings is 1. The Morgan fingerprint density at radius 1 is 1.09 bits per heavy atom. The van der Waals surface area contributed by atoms with Crippen LogP contribution in [0.2, 0.25) is 0 Å². The molecule has 2 fully saturated rings. The van der Waals surface area contributed by atoms with E-state index in [9.17, 15) is 5.11 Å². The fraction of sp³-hybridized carbons (Fsp3) is 0.579. The summed E-state index contributed by atoms with van der Waals surface area (Å²) in [4.78, 5) is 2.41. The Hall–Kier alpha value is -1.48. The number of rotatable bonds is 4. The highest BCUT2D eigenvalue weighted by Crippen LogP contribution is 2.43. The summed E-state index contributed by atoms with van der Waals surface area (Å²) in [6.07, 6.45) is 9.21. The van der Waals surface area contributed by atoms with Crippen molar-refractivity contribution in [2.75, 3.05) is 29.9 Å². The number of fused-ring (bicyclic) bond motifs is 2. The number of allylic oxidation sites excluding steroid dienone is 2. The molecule has 2 aliphatic carbocycles. The van der Waals surface area contributed by atoms with Crippen molar-refractivity contribution in [2.45, 2.75) is 31.8 Å². The van der Waals surface area contributed by atoms with Gasteiger partial charge in [0.1, 0.15) is 0 Å². The third-order valence-electron chi connectivity index (χ3n) is 5.68. The average Bonchev–Trinajstić information content (AvgIpc) is 3.17. The van der Waals surface area contributed by atoms with Gasteiger partial charge in [-0.25, -0.2) is 0 Å². The molecule has 0 spiro atoms. The fourth-order valence-electron chi connectivity index (χ4n) is 4.38. The lowest BCUT2D eigenvalue weighted by atomic mass is 9.93. The highest BCUT2D eigenvalue weighted by atomic mass is 16.3. The third kappa shape index (κ3) is 2.74. The van der Waals surface area contributed by atoms with Crippen LogP contribution < -0.4 is 10.2 Å². The number of nitrogens with one attached hydrogen (secondary N) is 1. The second-order valence-corrected chi connectivity index (χ2v) is 7.16. The Labute approximate surface area is 133 Å². The largest absolute Gasteiger partial charge is 0.393 e. The maximum absolute atomic E-state index is 9.70. The van der Waals surface area contributed by atoms with Gasteiger partial charge in [0.05, 0.1) is 17.5 Å². The van der Waals surface area contributed by atoms with Crippen LogP contribution >= 0.6 is 0 Å². The van der Waals surface area contributed by atoms with Crippen LogP contribution in [0.1, 0.15) is 25.7 Å². The standard InChI is InChI=1S/C19H26N2O/c22-17-7-9-21(10-8-17)19-4-2-1-3-18(19)20-13-16-12-14-5-6-15(16)11-14/h1-6,14-17,20,22H,7-13H2/t14-,15-,16+/m0/s1. The van der Waals surface area contributed by atoms with Crippen molar-refractivity contribution < 1.29 is 5.11 Å². The molecular formula is C19H26N2O. The normalized spacial score (nSPS) is 31.0. The predicted octanol–water partition coefficient (Wildman–Crippen LogP) is 3.27. The molecule has 3 nitrogen and oxygen atoms in total. The Bertz CT molecular complexity index is 548. The molecule has 4 rings (SSSR count). The lowest BCUT2D eigenvalue weighted by Gasteiger charge is -2.33. The van der Waals surface area contributed by atoms with Gasteiger partial charge in [-0.3, -0.25) is 0 Å². The van der Waals surface area contributed by atoms with Crippen LogP contribution in [0.4, 0.5) is 11.4 Å². The van der Waals surface area contributed by atoms with E-state index >= 15 is 0 Å². The van der Waals surface area contributed by atoms with E-state index in [1.54, 1.807) is 0 Å². The van der Waals surface area contributed by atoms with E-state index in [2.05, 4.69) is 46.6 Å². The summed E-state index contributed by atoms with van der Waals surface area (Å²) in [5.74, 6) is 2.44. The summed E-state index contributed by atoms with van der Waals surface area (Å²) < 4.78 is 0. The van der Waals surface area contributed by atoms with Crippen LogP contribution in [-0.4, -0.2) is 30.8 Å². The van der Waals surface area contributed by atoms with Crippen molar-refractivity contribution in [3.8, 4) is 0 Å². The van der Waals surface area contributed by atoms with Gasteiger partial charge in [0.2, 0.25) is 0 Å². The Morgan fingerprint density at radius 3 is 2.64 bits per heavy atom.